The molecule has 28 heavy (non-hydrogen) atoms. The minimum Gasteiger partial charge on any atom is -0.392 e. The second kappa shape index (κ2) is 7.78. The highest BCUT2D eigenvalue weighted by Crippen LogP contribution is 2.18. The Morgan fingerprint density at radius 3 is 2.46 bits per heavy atom. The highest BCUT2D eigenvalue weighted by molar-refractivity contribution is 5.75. The first-order valence-corrected chi connectivity index (χ1v) is 9.31. The molecule has 0 saturated heterocycles. The highest BCUT2D eigenvalue weighted by atomic mass is 16.3. The number of rotatable bonds is 6. The highest BCUT2D eigenvalue weighted by Gasteiger charge is 2.09. The van der Waals surface area contributed by atoms with E-state index in [1.54, 1.807) is 0 Å². The SMILES string of the molecule is Cc1nc(Cn2c(C)nc3ccccc32)cc(NCc2ccc(CO)cc2)n1. The third-order valence-electron chi connectivity index (χ3n) is 4.74. The summed E-state index contributed by atoms with van der Waals surface area (Å²) in [6.07, 6.45) is 0. The molecule has 0 radical (unpaired) electrons. The fourth-order valence-electron chi connectivity index (χ4n) is 3.31. The van der Waals surface area contributed by atoms with E-state index in [0.717, 1.165) is 45.3 Å². The molecule has 0 fully saturated rings. The normalized spacial score (nSPS) is 11.1. The van der Waals surface area contributed by atoms with Gasteiger partial charge in [0, 0.05) is 12.6 Å². The Hall–Kier alpha value is -3.25. The molecule has 0 atom stereocenters. The van der Waals surface area contributed by atoms with Gasteiger partial charge in [0.05, 0.1) is 29.9 Å². The van der Waals surface area contributed by atoms with E-state index in [4.69, 9.17) is 5.11 Å². The summed E-state index contributed by atoms with van der Waals surface area (Å²) in [6, 6.07) is 18.0. The fraction of sp³-hybridized carbons (Fsp3) is 0.227. The topological polar surface area (TPSA) is 75.9 Å². The summed E-state index contributed by atoms with van der Waals surface area (Å²) in [4.78, 5) is 13.7. The van der Waals surface area contributed by atoms with Gasteiger partial charge >= 0.3 is 0 Å². The average molecular weight is 373 g/mol. The van der Waals surface area contributed by atoms with E-state index in [2.05, 4.69) is 30.9 Å². The summed E-state index contributed by atoms with van der Waals surface area (Å²) < 4.78 is 2.18. The van der Waals surface area contributed by atoms with Crippen LogP contribution in [-0.2, 0) is 19.7 Å². The number of fused-ring (bicyclic) bond motifs is 1. The van der Waals surface area contributed by atoms with Crippen LogP contribution in [-0.4, -0.2) is 24.6 Å². The van der Waals surface area contributed by atoms with Crippen molar-refractivity contribution >= 4 is 16.9 Å². The molecule has 2 aromatic carbocycles. The van der Waals surface area contributed by atoms with Crippen LogP contribution in [0.25, 0.3) is 11.0 Å². The van der Waals surface area contributed by atoms with Gasteiger partial charge < -0.3 is 15.0 Å². The summed E-state index contributed by atoms with van der Waals surface area (Å²) >= 11 is 0. The maximum absolute atomic E-state index is 9.15. The van der Waals surface area contributed by atoms with E-state index in [0.29, 0.717) is 13.1 Å². The van der Waals surface area contributed by atoms with E-state index in [-0.39, 0.29) is 6.61 Å². The number of aliphatic hydroxyl groups excluding tert-OH is 1. The Balaban J connectivity index is 1.54. The first-order valence-electron chi connectivity index (χ1n) is 9.31. The third kappa shape index (κ3) is 3.87. The quantitative estimate of drug-likeness (QED) is 0.540. The molecule has 4 aromatic rings. The number of hydrogen-bond donors (Lipinski definition) is 2. The lowest BCUT2D eigenvalue weighted by atomic mass is 10.1. The van der Waals surface area contributed by atoms with Crippen molar-refractivity contribution in [2.45, 2.75) is 33.5 Å². The smallest absolute Gasteiger partial charge is 0.130 e. The molecule has 0 spiro atoms. The van der Waals surface area contributed by atoms with Crippen molar-refractivity contribution in [3.05, 3.63) is 83.1 Å². The van der Waals surface area contributed by atoms with Crippen LogP contribution in [0.3, 0.4) is 0 Å². The monoisotopic (exact) mass is 373 g/mol. The summed E-state index contributed by atoms with van der Waals surface area (Å²) in [5.74, 6) is 2.50. The van der Waals surface area contributed by atoms with Gasteiger partial charge in [-0.2, -0.15) is 0 Å². The predicted octanol–water partition coefficient (Wildman–Crippen LogP) is 3.60. The van der Waals surface area contributed by atoms with Crippen LogP contribution in [0.2, 0.25) is 0 Å². The molecular weight excluding hydrogens is 350 g/mol. The Labute approximate surface area is 163 Å². The van der Waals surface area contributed by atoms with Gasteiger partial charge in [0.15, 0.2) is 0 Å². The Morgan fingerprint density at radius 1 is 0.929 bits per heavy atom. The zero-order valence-electron chi connectivity index (χ0n) is 16.1. The zero-order chi connectivity index (χ0) is 19.5. The number of anilines is 1. The van der Waals surface area contributed by atoms with E-state index < -0.39 is 0 Å². The van der Waals surface area contributed by atoms with Crippen LogP contribution >= 0.6 is 0 Å². The number of nitrogens with one attached hydrogen (secondary N) is 1. The van der Waals surface area contributed by atoms with Crippen molar-refractivity contribution in [1.29, 1.82) is 0 Å². The number of nitrogens with zero attached hydrogens (tertiary/aromatic N) is 4. The number of para-hydroxylation sites is 2. The largest absolute Gasteiger partial charge is 0.392 e. The molecule has 0 aliphatic rings. The van der Waals surface area contributed by atoms with Crippen LogP contribution in [0.5, 0.6) is 0 Å². The van der Waals surface area contributed by atoms with Crippen LogP contribution in [0, 0.1) is 13.8 Å². The van der Waals surface area contributed by atoms with Crippen molar-refractivity contribution in [3.63, 3.8) is 0 Å². The van der Waals surface area contributed by atoms with Crippen LogP contribution in [0.1, 0.15) is 28.5 Å². The number of aromatic nitrogens is 4. The molecule has 0 aliphatic heterocycles. The van der Waals surface area contributed by atoms with Crippen molar-refractivity contribution < 1.29 is 5.11 Å². The maximum atomic E-state index is 9.15. The summed E-state index contributed by atoms with van der Waals surface area (Å²) in [5.41, 5.74) is 5.08. The van der Waals surface area contributed by atoms with Gasteiger partial charge in [-0.05, 0) is 37.1 Å². The van der Waals surface area contributed by atoms with Crippen molar-refractivity contribution in [1.82, 2.24) is 19.5 Å². The van der Waals surface area contributed by atoms with Gasteiger partial charge in [0.2, 0.25) is 0 Å². The first kappa shape index (κ1) is 18.1. The molecule has 0 amide bonds. The van der Waals surface area contributed by atoms with E-state index in [1.807, 2.05) is 62.4 Å². The number of hydrogen-bond acceptors (Lipinski definition) is 5. The van der Waals surface area contributed by atoms with Crippen molar-refractivity contribution in [2.75, 3.05) is 5.32 Å². The fourth-order valence-corrected chi connectivity index (χ4v) is 3.31. The van der Waals surface area contributed by atoms with Gasteiger partial charge in [-0.3, -0.25) is 0 Å². The van der Waals surface area contributed by atoms with Gasteiger partial charge in [-0.15, -0.1) is 0 Å². The van der Waals surface area contributed by atoms with Crippen LogP contribution < -0.4 is 5.32 Å². The van der Waals surface area contributed by atoms with Gasteiger partial charge in [0.25, 0.3) is 0 Å². The number of imidazole rings is 1. The number of aryl methyl sites for hydroxylation is 2. The minimum atomic E-state index is 0.0600. The maximum Gasteiger partial charge on any atom is 0.130 e. The zero-order valence-corrected chi connectivity index (χ0v) is 16.1. The molecule has 6 nitrogen and oxygen atoms in total. The molecule has 6 heteroatoms. The third-order valence-corrected chi connectivity index (χ3v) is 4.74. The Bertz CT molecular complexity index is 1100. The number of benzene rings is 2. The first-order chi connectivity index (χ1) is 13.6. The average Bonchev–Trinajstić information content (AvgIpc) is 3.02. The van der Waals surface area contributed by atoms with E-state index in [9.17, 15) is 0 Å². The molecule has 0 aliphatic carbocycles. The summed E-state index contributed by atoms with van der Waals surface area (Å²) in [6.45, 7) is 5.29. The summed E-state index contributed by atoms with van der Waals surface area (Å²) in [7, 11) is 0. The molecule has 4 rings (SSSR count). The summed E-state index contributed by atoms with van der Waals surface area (Å²) in [5, 5.41) is 12.5. The Kier molecular flexibility index (Phi) is 5.04. The van der Waals surface area contributed by atoms with E-state index in [1.165, 1.54) is 0 Å². The number of aliphatic hydroxyl groups is 1. The second-order valence-corrected chi connectivity index (χ2v) is 6.85. The standard InChI is InChI=1S/C22H23N5O/c1-15-24-19(13-27-16(2)26-20-5-3-4-6-21(20)27)11-22(25-15)23-12-17-7-9-18(14-28)10-8-17/h3-11,28H,12-14H2,1-2H3,(H,23,24,25). The van der Waals surface area contributed by atoms with Gasteiger partial charge in [-0.1, -0.05) is 36.4 Å². The van der Waals surface area contributed by atoms with Crippen molar-refractivity contribution in [3.8, 4) is 0 Å². The van der Waals surface area contributed by atoms with Crippen LogP contribution in [0.15, 0.2) is 54.6 Å². The molecule has 0 bridgehead atoms. The second-order valence-electron chi connectivity index (χ2n) is 6.85. The molecular formula is C22H23N5O. The molecule has 142 valence electrons. The van der Waals surface area contributed by atoms with Gasteiger partial charge in [-0.25, -0.2) is 15.0 Å². The predicted molar refractivity (Wildman–Crippen MR) is 110 cm³/mol. The Morgan fingerprint density at radius 2 is 1.68 bits per heavy atom. The lowest BCUT2D eigenvalue weighted by molar-refractivity contribution is 0.282. The lowest BCUT2D eigenvalue weighted by Crippen LogP contribution is -2.08. The molecule has 2 heterocycles. The van der Waals surface area contributed by atoms with Crippen molar-refractivity contribution in [2.24, 2.45) is 0 Å². The van der Waals surface area contributed by atoms with Gasteiger partial charge in [0.1, 0.15) is 17.5 Å². The molecule has 0 saturated carbocycles. The molecule has 0 unspecified atom stereocenters. The lowest BCUT2D eigenvalue weighted by Gasteiger charge is -2.11. The molecule has 2 N–H and O–H groups in total. The minimum absolute atomic E-state index is 0.0600. The molecule has 2 aromatic heterocycles. The van der Waals surface area contributed by atoms with Crippen LogP contribution in [0.4, 0.5) is 5.82 Å². The van der Waals surface area contributed by atoms with E-state index >= 15 is 0 Å².